The van der Waals surface area contributed by atoms with Crippen molar-refractivity contribution in [2.75, 3.05) is 38.2 Å². The van der Waals surface area contributed by atoms with Gasteiger partial charge in [-0.1, -0.05) is 48.5 Å². The number of nitrogens with zero attached hydrogens (tertiary/aromatic N) is 4. The normalized spacial score (nSPS) is 20.8. The molecule has 3 aromatic rings. The van der Waals surface area contributed by atoms with Crippen molar-refractivity contribution in [1.29, 1.82) is 0 Å². The van der Waals surface area contributed by atoms with Gasteiger partial charge in [0.1, 0.15) is 5.69 Å². The van der Waals surface area contributed by atoms with E-state index in [0.29, 0.717) is 37.6 Å². The molecule has 2 aromatic carbocycles. The molecule has 0 unspecified atom stereocenters. The molecule has 1 aliphatic heterocycles. The van der Waals surface area contributed by atoms with Crippen LogP contribution in [0.15, 0.2) is 71.7 Å². The van der Waals surface area contributed by atoms with Gasteiger partial charge >= 0.3 is 5.56 Å². The van der Waals surface area contributed by atoms with E-state index >= 15 is 0 Å². The van der Waals surface area contributed by atoms with Crippen molar-refractivity contribution >= 4 is 15.7 Å². The monoisotopic (exact) mass is 538 g/mol. The minimum atomic E-state index is -3.45. The molecule has 0 radical (unpaired) electrons. The maximum Gasteiger partial charge on any atom is 0.316 e. The summed E-state index contributed by atoms with van der Waals surface area (Å²) < 4.78 is 40.9. The van der Waals surface area contributed by atoms with Gasteiger partial charge in [-0.05, 0) is 43.4 Å². The third-order valence-corrected chi connectivity index (χ3v) is 9.17. The second-order valence-corrected chi connectivity index (χ2v) is 11.8. The zero-order valence-electron chi connectivity index (χ0n) is 21.6. The number of rotatable bonds is 8. The highest BCUT2D eigenvalue weighted by Gasteiger charge is 2.31. The number of benzene rings is 2. The summed E-state index contributed by atoms with van der Waals surface area (Å²) in [6, 6.07) is 18.5. The third kappa shape index (κ3) is 5.92. The maximum atomic E-state index is 13.7. The van der Waals surface area contributed by atoms with Gasteiger partial charge in [-0.3, -0.25) is 4.79 Å². The molecule has 1 saturated carbocycles. The molecule has 1 aromatic heterocycles. The lowest BCUT2D eigenvalue weighted by molar-refractivity contribution is 0.0323. The Labute approximate surface area is 223 Å². The second kappa shape index (κ2) is 11.7. The van der Waals surface area contributed by atoms with E-state index in [1.807, 2.05) is 65.6 Å². The van der Waals surface area contributed by atoms with Crippen molar-refractivity contribution in [2.45, 2.75) is 43.6 Å². The predicted octanol–water partition coefficient (Wildman–Crippen LogP) is 3.22. The Balaban J connectivity index is 1.37. The molecule has 1 saturated heterocycles. The Kier molecular flexibility index (Phi) is 8.11. The highest BCUT2D eigenvalue weighted by molar-refractivity contribution is 7.88. The van der Waals surface area contributed by atoms with E-state index in [2.05, 4.69) is 5.10 Å². The van der Waals surface area contributed by atoms with Gasteiger partial charge in [0.15, 0.2) is 0 Å². The number of ether oxygens (including phenoxy) is 2. The number of piperazine rings is 1. The van der Waals surface area contributed by atoms with E-state index in [-0.39, 0.29) is 29.3 Å². The first-order valence-corrected chi connectivity index (χ1v) is 14.7. The summed E-state index contributed by atoms with van der Waals surface area (Å²) in [5, 5.41) is 4.46. The summed E-state index contributed by atoms with van der Waals surface area (Å²) in [6.45, 7) is 1.54. The molecule has 2 fully saturated rings. The van der Waals surface area contributed by atoms with Crippen LogP contribution in [0.4, 0.5) is 5.69 Å². The number of hydrogen-bond donors (Lipinski definition) is 0. The average Bonchev–Trinajstić information content (AvgIpc) is 2.95. The van der Waals surface area contributed by atoms with Gasteiger partial charge in [-0.2, -0.15) is 14.1 Å². The molecule has 0 bridgehead atoms. The Morgan fingerprint density at radius 1 is 0.868 bits per heavy atom. The average molecular weight is 539 g/mol. The second-order valence-electron chi connectivity index (χ2n) is 9.79. The summed E-state index contributed by atoms with van der Waals surface area (Å²) in [5.74, 6) is 0.242. The van der Waals surface area contributed by atoms with Crippen LogP contribution in [-0.2, 0) is 20.5 Å². The Hall–Kier alpha value is -3.21. The standard InChI is InChI=1S/C28H34N4O5S/c1-36-24-12-14-25(15-13-24)37-27-26(20-29-32(28(27)33)23-10-6-3-7-11-23)30-16-18-31(19-17-30)38(34,35)21-22-8-4-2-5-9-22/h2-11,20,24-25H,12-19,21H2,1H3. The molecular weight excluding hydrogens is 504 g/mol. The minimum Gasteiger partial charge on any atom is -0.483 e. The number of sulfonamides is 1. The maximum absolute atomic E-state index is 13.7. The molecule has 0 spiro atoms. The van der Waals surface area contributed by atoms with Crippen molar-refractivity contribution in [3.63, 3.8) is 0 Å². The van der Waals surface area contributed by atoms with Crippen LogP contribution in [0.2, 0.25) is 0 Å². The quantitative estimate of drug-likeness (QED) is 0.435. The Morgan fingerprint density at radius 2 is 1.47 bits per heavy atom. The smallest absolute Gasteiger partial charge is 0.316 e. The van der Waals surface area contributed by atoms with E-state index in [1.165, 1.54) is 8.99 Å². The molecule has 38 heavy (non-hydrogen) atoms. The third-order valence-electron chi connectivity index (χ3n) is 7.32. The molecule has 5 rings (SSSR count). The summed E-state index contributed by atoms with van der Waals surface area (Å²) in [4.78, 5) is 15.7. The van der Waals surface area contributed by atoms with Crippen LogP contribution in [0, 0.1) is 0 Å². The zero-order chi connectivity index (χ0) is 26.5. The first-order chi connectivity index (χ1) is 18.4. The van der Waals surface area contributed by atoms with Crippen LogP contribution in [0.3, 0.4) is 0 Å². The van der Waals surface area contributed by atoms with E-state index in [0.717, 1.165) is 31.2 Å². The van der Waals surface area contributed by atoms with Crippen LogP contribution in [0.25, 0.3) is 5.69 Å². The Morgan fingerprint density at radius 3 is 2.11 bits per heavy atom. The van der Waals surface area contributed by atoms with Gasteiger partial charge < -0.3 is 14.4 Å². The highest BCUT2D eigenvalue weighted by atomic mass is 32.2. The van der Waals surface area contributed by atoms with Gasteiger partial charge in [0.25, 0.3) is 0 Å². The first kappa shape index (κ1) is 26.4. The van der Waals surface area contributed by atoms with E-state index in [1.54, 1.807) is 13.3 Å². The Bertz CT molecular complexity index is 1370. The fraction of sp³-hybridized carbons (Fsp3) is 0.429. The zero-order valence-corrected chi connectivity index (χ0v) is 22.4. The molecule has 202 valence electrons. The van der Waals surface area contributed by atoms with Crippen molar-refractivity contribution < 1.29 is 17.9 Å². The van der Waals surface area contributed by atoms with Gasteiger partial charge in [-0.25, -0.2) is 8.42 Å². The van der Waals surface area contributed by atoms with Crippen LogP contribution < -0.4 is 15.2 Å². The lowest BCUT2D eigenvalue weighted by atomic mass is 9.95. The molecule has 10 heteroatoms. The molecule has 2 heterocycles. The molecule has 0 atom stereocenters. The molecule has 0 N–H and O–H groups in total. The van der Waals surface area contributed by atoms with E-state index in [4.69, 9.17) is 9.47 Å². The van der Waals surface area contributed by atoms with Crippen molar-refractivity contribution in [2.24, 2.45) is 0 Å². The van der Waals surface area contributed by atoms with E-state index in [9.17, 15) is 13.2 Å². The van der Waals surface area contributed by atoms with Gasteiger partial charge in [0.05, 0.1) is 29.8 Å². The highest BCUT2D eigenvalue weighted by Crippen LogP contribution is 2.30. The summed E-state index contributed by atoms with van der Waals surface area (Å²) in [6.07, 6.45) is 5.16. The number of hydrogen-bond acceptors (Lipinski definition) is 7. The van der Waals surface area contributed by atoms with E-state index < -0.39 is 10.0 Å². The fourth-order valence-electron chi connectivity index (χ4n) is 5.15. The number of methoxy groups -OCH3 is 1. The topological polar surface area (TPSA) is 94.0 Å². The lowest BCUT2D eigenvalue weighted by Gasteiger charge is -2.36. The molecular formula is C28H34N4O5S. The molecule has 1 aliphatic carbocycles. The van der Waals surface area contributed by atoms with Crippen LogP contribution in [-0.4, -0.2) is 68.0 Å². The van der Waals surface area contributed by atoms with Crippen LogP contribution >= 0.6 is 0 Å². The first-order valence-electron chi connectivity index (χ1n) is 13.1. The molecule has 9 nitrogen and oxygen atoms in total. The summed E-state index contributed by atoms with van der Waals surface area (Å²) in [7, 11) is -1.72. The molecule has 0 amide bonds. The number of anilines is 1. The van der Waals surface area contributed by atoms with Crippen LogP contribution in [0.5, 0.6) is 5.75 Å². The van der Waals surface area contributed by atoms with Gasteiger partial charge in [0, 0.05) is 33.3 Å². The fourth-order valence-corrected chi connectivity index (χ4v) is 6.67. The van der Waals surface area contributed by atoms with Gasteiger partial charge in [-0.15, -0.1) is 0 Å². The minimum absolute atomic E-state index is 0.0268. The SMILES string of the molecule is COC1CCC(Oc2c(N3CCN(S(=O)(=O)Cc4ccccc4)CC3)cnn(-c3ccccc3)c2=O)CC1. The lowest BCUT2D eigenvalue weighted by Crippen LogP contribution is -2.49. The number of aromatic nitrogens is 2. The van der Waals surface area contributed by atoms with Crippen molar-refractivity contribution in [3.8, 4) is 11.4 Å². The number of para-hydroxylation sites is 1. The van der Waals surface area contributed by atoms with Crippen molar-refractivity contribution in [1.82, 2.24) is 14.1 Å². The summed E-state index contributed by atoms with van der Waals surface area (Å²) in [5.41, 5.74) is 1.72. The summed E-state index contributed by atoms with van der Waals surface area (Å²) >= 11 is 0. The van der Waals surface area contributed by atoms with Crippen LogP contribution in [0.1, 0.15) is 31.2 Å². The van der Waals surface area contributed by atoms with Gasteiger partial charge in [0.2, 0.25) is 15.8 Å². The van der Waals surface area contributed by atoms with Crippen molar-refractivity contribution in [3.05, 3.63) is 82.8 Å². The largest absolute Gasteiger partial charge is 0.483 e. The predicted molar refractivity (Wildman–Crippen MR) is 146 cm³/mol. The molecule has 2 aliphatic rings.